The van der Waals surface area contributed by atoms with Crippen LogP contribution in [0, 0.1) is 27.7 Å². The smallest absolute Gasteiger partial charge is 0.873 e. The van der Waals surface area contributed by atoms with Crippen molar-refractivity contribution >= 4 is 22.8 Å². The molecule has 0 unspecified atom stereocenters. The van der Waals surface area contributed by atoms with E-state index in [9.17, 15) is 10.2 Å². The van der Waals surface area contributed by atoms with Gasteiger partial charge in [0.1, 0.15) is 0 Å². The Balaban J connectivity index is 0.000000545. The van der Waals surface area contributed by atoms with Gasteiger partial charge < -0.3 is 10.2 Å². The maximum atomic E-state index is 11.7. The molecule has 3 aromatic carbocycles. The molecule has 0 bridgehead atoms. The second-order valence-electron chi connectivity index (χ2n) is 13.4. The van der Waals surface area contributed by atoms with Gasteiger partial charge in [0, 0.05) is 0 Å². The molecule has 0 aliphatic heterocycles. The summed E-state index contributed by atoms with van der Waals surface area (Å²) in [6.45, 7) is 17.4. The first-order chi connectivity index (χ1) is 22.6. The van der Waals surface area contributed by atoms with Gasteiger partial charge in [-0.1, -0.05) is 102 Å². The van der Waals surface area contributed by atoms with Crippen LogP contribution in [0.2, 0.25) is 0 Å². The molecule has 3 rings (SSSR count). The van der Waals surface area contributed by atoms with Gasteiger partial charge in [-0.05, 0) is 131 Å². The second kappa shape index (κ2) is 24.3. The Bertz CT molecular complexity index is 1390. The summed E-state index contributed by atoms with van der Waals surface area (Å²) in [6.07, 6.45) is 16.4. The zero-order chi connectivity index (χ0) is 34.6. The Hall–Kier alpha value is -2.91. The normalized spacial score (nSPS) is 11.6. The predicted molar refractivity (Wildman–Crippen MR) is 201 cm³/mol. The number of hydrogen-bond donors (Lipinski definition) is 0. The summed E-state index contributed by atoms with van der Waals surface area (Å²) in [6, 6.07) is 16.6. The van der Waals surface area contributed by atoms with Crippen molar-refractivity contribution in [2.75, 3.05) is 0 Å². The SMILES string of the molecule is CCCCCCC(=Nc1cc(C)cc(C)c1)C(CCCC)=Nc1cc(C)cc(C)c1.CCCCCc1cc(CCCC)cc([O-])c1[O-].[Ni+2]. The number of unbranched alkanes of at least 4 members (excludes halogenated alkanes) is 7. The minimum Gasteiger partial charge on any atom is -0.873 e. The van der Waals surface area contributed by atoms with E-state index in [4.69, 9.17) is 9.98 Å². The van der Waals surface area contributed by atoms with E-state index >= 15 is 0 Å². The largest absolute Gasteiger partial charge is 2.00 e. The first kappa shape index (κ1) is 43.1. The second-order valence-corrected chi connectivity index (χ2v) is 13.4. The van der Waals surface area contributed by atoms with E-state index in [-0.39, 0.29) is 28.0 Å². The van der Waals surface area contributed by atoms with Gasteiger partial charge in [0.05, 0.1) is 22.8 Å². The molecule has 0 aromatic heterocycles. The molecule has 0 spiro atoms. The Labute approximate surface area is 303 Å². The maximum Gasteiger partial charge on any atom is 2.00 e. The molecule has 266 valence electrons. The third kappa shape index (κ3) is 16.5. The minimum absolute atomic E-state index is 0. The topological polar surface area (TPSA) is 70.8 Å². The van der Waals surface area contributed by atoms with E-state index < -0.39 is 0 Å². The molecule has 0 heterocycles. The molecule has 0 radical (unpaired) electrons. The molecular formula is C43H62N2NiO2. The first-order valence-corrected chi connectivity index (χ1v) is 18.4. The van der Waals surface area contributed by atoms with Crippen molar-refractivity contribution in [1.29, 1.82) is 0 Å². The third-order valence-electron chi connectivity index (χ3n) is 8.37. The average Bonchev–Trinajstić information content (AvgIpc) is 3.01. The Morgan fingerprint density at radius 3 is 1.44 bits per heavy atom. The molecule has 0 atom stereocenters. The minimum atomic E-state index is -0.329. The number of benzene rings is 3. The fraction of sp³-hybridized carbons (Fsp3) is 0.535. The summed E-state index contributed by atoms with van der Waals surface area (Å²) in [5, 5.41) is 23.2. The molecule has 0 aliphatic rings. The van der Waals surface area contributed by atoms with Gasteiger partial charge >= 0.3 is 16.5 Å². The number of aliphatic imine (C=N–C) groups is 2. The van der Waals surface area contributed by atoms with Crippen LogP contribution in [-0.2, 0) is 29.3 Å². The van der Waals surface area contributed by atoms with Gasteiger partial charge in [0.15, 0.2) is 0 Å². The van der Waals surface area contributed by atoms with Crippen LogP contribution < -0.4 is 10.2 Å². The Morgan fingerprint density at radius 2 is 0.958 bits per heavy atom. The molecule has 4 nitrogen and oxygen atoms in total. The summed E-state index contributed by atoms with van der Waals surface area (Å²) in [4.78, 5) is 10.3. The first-order valence-electron chi connectivity index (χ1n) is 18.4. The van der Waals surface area contributed by atoms with Crippen molar-refractivity contribution < 1.29 is 26.7 Å². The Morgan fingerprint density at radius 1 is 0.500 bits per heavy atom. The number of nitrogens with zero attached hydrogens (tertiary/aromatic N) is 2. The summed E-state index contributed by atoms with van der Waals surface area (Å²) in [5.41, 5.74) is 11.3. The van der Waals surface area contributed by atoms with Crippen LogP contribution in [0.1, 0.15) is 145 Å². The third-order valence-corrected chi connectivity index (χ3v) is 8.37. The van der Waals surface area contributed by atoms with Crippen LogP contribution in [0.4, 0.5) is 11.4 Å². The van der Waals surface area contributed by atoms with Gasteiger partial charge in [0.2, 0.25) is 0 Å². The summed E-state index contributed by atoms with van der Waals surface area (Å²) < 4.78 is 0. The van der Waals surface area contributed by atoms with E-state index in [1.807, 2.05) is 6.07 Å². The van der Waals surface area contributed by atoms with Gasteiger partial charge in [0.25, 0.3) is 0 Å². The standard InChI is InChI=1S/C28H40N2.C15H24O2.Ni/c1-7-9-11-12-14-28(30-26-19-23(5)16-24(6)20-26)27(13-10-8-2)29-25-17-21(3)15-22(4)18-25;1-3-5-7-9-13-10-12(8-6-4-2)11-14(16)15(13)17;/h15-20H,7-14H2,1-6H3;10-11,16-17H,3-9H2,1-2H3;/q;;+2/p-2. The summed E-state index contributed by atoms with van der Waals surface area (Å²) in [5.74, 6) is -0.619. The average molecular weight is 698 g/mol. The van der Waals surface area contributed by atoms with E-state index in [2.05, 4.69) is 91.8 Å². The van der Waals surface area contributed by atoms with Gasteiger partial charge in [-0.15, -0.1) is 11.5 Å². The Kier molecular flexibility index (Phi) is 21.8. The van der Waals surface area contributed by atoms with Crippen molar-refractivity contribution in [3.8, 4) is 11.5 Å². The zero-order valence-corrected chi connectivity index (χ0v) is 32.2. The number of hydrogen-bond acceptors (Lipinski definition) is 4. The summed E-state index contributed by atoms with van der Waals surface area (Å²) in [7, 11) is 0. The molecule has 0 amide bonds. The van der Waals surface area contributed by atoms with E-state index in [0.29, 0.717) is 0 Å². The van der Waals surface area contributed by atoms with E-state index in [0.717, 1.165) is 92.4 Å². The van der Waals surface area contributed by atoms with Crippen LogP contribution in [0.3, 0.4) is 0 Å². The van der Waals surface area contributed by atoms with Crippen LogP contribution in [0.5, 0.6) is 11.5 Å². The molecule has 3 aromatic rings. The van der Waals surface area contributed by atoms with Gasteiger partial charge in [-0.2, -0.15) is 0 Å². The van der Waals surface area contributed by atoms with Crippen molar-refractivity contribution in [3.05, 3.63) is 81.9 Å². The fourth-order valence-corrected chi connectivity index (χ4v) is 5.93. The molecule has 48 heavy (non-hydrogen) atoms. The fourth-order valence-electron chi connectivity index (χ4n) is 5.93. The van der Waals surface area contributed by atoms with Gasteiger partial charge in [-0.3, -0.25) is 9.98 Å². The molecule has 5 heteroatoms. The van der Waals surface area contributed by atoms with Gasteiger partial charge in [-0.25, -0.2) is 0 Å². The molecule has 0 aliphatic carbocycles. The van der Waals surface area contributed by atoms with Crippen molar-refractivity contribution in [1.82, 2.24) is 0 Å². The predicted octanol–water partition coefficient (Wildman–Crippen LogP) is 11.8. The van der Waals surface area contributed by atoms with Crippen LogP contribution in [0.25, 0.3) is 0 Å². The monoisotopic (exact) mass is 696 g/mol. The maximum absolute atomic E-state index is 11.7. The molecule has 0 saturated carbocycles. The van der Waals surface area contributed by atoms with Crippen molar-refractivity contribution in [3.63, 3.8) is 0 Å². The molecular weight excluding hydrogens is 635 g/mol. The van der Waals surface area contributed by atoms with Crippen LogP contribution >= 0.6 is 0 Å². The molecule has 0 fully saturated rings. The molecule has 0 saturated heterocycles. The zero-order valence-electron chi connectivity index (χ0n) is 31.3. The van der Waals surface area contributed by atoms with Crippen molar-refractivity contribution in [2.24, 2.45) is 9.98 Å². The van der Waals surface area contributed by atoms with Crippen molar-refractivity contribution in [2.45, 2.75) is 152 Å². The number of rotatable bonds is 18. The number of aryl methyl sites for hydroxylation is 6. The summed E-state index contributed by atoms with van der Waals surface area (Å²) >= 11 is 0. The van der Waals surface area contributed by atoms with Crippen LogP contribution in [-0.4, -0.2) is 11.4 Å². The van der Waals surface area contributed by atoms with Crippen LogP contribution in [0.15, 0.2) is 58.5 Å². The molecule has 0 N–H and O–H groups in total. The van der Waals surface area contributed by atoms with E-state index in [1.165, 1.54) is 66.1 Å². The quantitative estimate of drug-likeness (QED) is 0.0754. The van der Waals surface area contributed by atoms with E-state index in [1.54, 1.807) is 0 Å².